The third-order valence-electron chi connectivity index (χ3n) is 2.26. The Morgan fingerprint density at radius 1 is 1.35 bits per heavy atom. The van der Waals surface area contributed by atoms with Crippen molar-refractivity contribution in [1.82, 2.24) is 5.32 Å². The molecule has 20 heavy (non-hydrogen) atoms. The van der Waals surface area contributed by atoms with Crippen LogP contribution < -0.4 is 5.32 Å². The standard InChI is InChI=1S/C14H26Cl2N2O2/c1-6-19-12(20-9-14(2,3)4)7-11(8-15)13(16)18-10-17-5/h10,12H,6-9H2,1-5H3,(H,17,18). The monoisotopic (exact) mass is 324 g/mol. The van der Waals surface area contributed by atoms with Gasteiger partial charge in [-0.25, -0.2) is 0 Å². The molecule has 0 fully saturated rings. The number of hydrogen-bond acceptors (Lipinski definition) is 3. The second kappa shape index (κ2) is 10.4. The molecule has 0 aromatic rings. The van der Waals surface area contributed by atoms with E-state index >= 15 is 0 Å². The van der Waals surface area contributed by atoms with Gasteiger partial charge >= 0.3 is 0 Å². The molecule has 0 radical (unpaired) electrons. The lowest BCUT2D eigenvalue weighted by Crippen LogP contribution is -2.25. The van der Waals surface area contributed by atoms with E-state index in [1.165, 1.54) is 6.34 Å². The average molecular weight is 325 g/mol. The van der Waals surface area contributed by atoms with Gasteiger partial charge in [0.25, 0.3) is 0 Å². The lowest BCUT2D eigenvalue weighted by Gasteiger charge is -2.24. The predicted octanol–water partition coefficient (Wildman–Crippen LogP) is 3.74. The average Bonchev–Trinajstić information content (AvgIpc) is 2.38. The van der Waals surface area contributed by atoms with Gasteiger partial charge in [0.15, 0.2) is 6.29 Å². The largest absolute Gasteiger partial charge is 0.353 e. The summed E-state index contributed by atoms with van der Waals surface area (Å²) in [5.74, 6) is 0.311. The number of ether oxygens (including phenoxy) is 2. The molecule has 0 amide bonds. The quantitative estimate of drug-likeness (QED) is 0.231. The number of alkyl halides is 1. The van der Waals surface area contributed by atoms with Gasteiger partial charge < -0.3 is 14.8 Å². The Hall–Kier alpha value is -0.290. The van der Waals surface area contributed by atoms with Crippen LogP contribution in [0, 0.1) is 5.41 Å². The van der Waals surface area contributed by atoms with Crippen molar-refractivity contribution in [1.29, 1.82) is 0 Å². The number of nitrogens with zero attached hydrogens (tertiary/aromatic N) is 1. The van der Waals surface area contributed by atoms with Crippen molar-refractivity contribution < 1.29 is 9.47 Å². The lowest BCUT2D eigenvalue weighted by molar-refractivity contribution is -0.152. The Kier molecular flexibility index (Phi) is 10.3. The molecule has 118 valence electrons. The lowest BCUT2D eigenvalue weighted by atomic mass is 9.99. The van der Waals surface area contributed by atoms with Crippen molar-refractivity contribution in [2.45, 2.75) is 40.4 Å². The van der Waals surface area contributed by atoms with Gasteiger partial charge in [0.05, 0.1) is 12.9 Å². The van der Waals surface area contributed by atoms with Gasteiger partial charge in [-0.2, -0.15) is 0 Å². The van der Waals surface area contributed by atoms with Gasteiger partial charge in [-0.15, -0.1) is 11.6 Å². The molecule has 0 aliphatic carbocycles. The number of aliphatic imine (C=N–C) groups is 1. The Bertz CT molecular complexity index is 326. The Labute approximate surface area is 132 Å². The van der Waals surface area contributed by atoms with Crippen molar-refractivity contribution >= 4 is 29.5 Å². The minimum Gasteiger partial charge on any atom is -0.353 e. The van der Waals surface area contributed by atoms with Crippen LogP contribution in [0.1, 0.15) is 34.1 Å². The first-order valence-corrected chi connectivity index (χ1v) is 7.59. The molecule has 0 aromatic carbocycles. The van der Waals surface area contributed by atoms with Gasteiger partial charge in [0, 0.05) is 26.0 Å². The minimum absolute atomic E-state index is 0.0805. The first kappa shape index (κ1) is 19.7. The van der Waals surface area contributed by atoms with E-state index in [0.29, 0.717) is 30.7 Å². The second-order valence-corrected chi connectivity index (χ2v) is 6.19. The van der Waals surface area contributed by atoms with E-state index in [-0.39, 0.29) is 11.7 Å². The molecule has 1 N–H and O–H groups in total. The highest BCUT2D eigenvalue weighted by molar-refractivity contribution is 6.31. The summed E-state index contributed by atoms with van der Waals surface area (Å²) in [6.07, 6.45) is 1.69. The molecule has 4 nitrogen and oxygen atoms in total. The fourth-order valence-corrected chi connectivity index (χ4v) is 1.83. The molecule has 1 atom stereocenters. The first-order chi connectivity index (χ1) is 9.34. The maximum atomic E-state index is 6.14. The second-order valence-electron chi connectivity index (χ2n) is 5.54. The van der Waals surface area contributed by atoms with Crippen LogP contribution in [0.25, 0.3) is 0 Å². The van der Waals surface area contributed by atoms with E-state index in [0.717, 1.165) is 5.57 Å². The number of hydrogen-bond donors (Lipinski definition) is 1. The summed E-state index contributed by atoms with van der Waals surface area (Å²) < 4.78 is 11.4. The van der Waals surface area contributed by atoms with Crippen molar-refractivity contribution in [2.24, 2.45) is 10.4 Å². The van der Waals surface area contributed by atoms with Crippen molar-refractivity contribution in [2.75, 3.05) is 26.1 Å². The molecule has 6 heteroatoms. The third-order valence-corrected chi connectivity index (χ3v) is 2.96. The molecule has 0 spiro atoms. The van der Waals surface area contributed by atoms with Gasteiger partial charge in [0.1, 0.15) is 5.16 Å². The topological polar surface area (TPSA) is 42.8 Å². The minimum atomic E-state index is -0.345. The molecule has 1 unspecified atom stereocenters. The summed E-state index contributed by atoms with van der Waals surface area (Å²) in [6, 6.07) is 0. The summed E-state index contributed by atoms with van der Waals surface area (Å²) in [6.45, 7) is 9.45. The molecule has 0 aromatic heterocycles. The molecule has 0 heterocycles. The number of rotatable bonds is 9. The highest BCUT2D eigenvalue weighted by Gasteiger charge is 2.18. The normalized spacial score (nSPS) is 15.3. The third kappa shape index (κ3) is 9.59. The zero-order chi connectivity index (χ0) is 15.6. The van der Waals surface area contributed by atoms with Crippen LogP contribution in [-0.2, 0) is 9.47 Å². The van der Waals surface area contributed by atoms with Crippen LogP contribution in [0.15, 0.2) is 15.7 Å². The van der Waals surface area contributed by atoms with E-state index in [2.05, 4.69) is 31.1 Å². The van der Waals surface area contributed by atoms with Crippen LogP contribution >= 0.6 is 23.2 Å². The number of nitrogens with one attached hydrogen (secondary N) is 1. The summed E-state index contributed by atoms with van der Waals surface area (Å²) in [5, 5.41) is 3.33. The van der Waals surface area contributed by atoms with Crippen LogP contribution in [0.3, 0.4) is 0 Å². The van der Waals surface area contributed by atoms with Gasteiger partial charge in [-0.3, -0.25) is 4.99 Å². The Morgan fingerprint density at radius 3 is 2.45 bits per heavy atom. The molecule has 0 bridgehead atoms. The zero-order valence-corrected chi connectivity index (χ0v) is 14.5. The van der Waals surface area contributed by atoms with E-state index in [1.54, 1.807) is 7.05 Å². The van der Waals surface area contributed by atoms with Crippen LogP contribution in [0.4, 0.5) is 0 Å². The number of halogens is 2. The first-order valence-electron chi connectivity index (χ1n) is 6.68. The van der Waals surface area contributed by atoms with E-state index in [9.17, 15) is 0 Å². The van der Waals surface area contributed by atoms with Crippen molar-refractivity contribution in [3.63, 3.8) is 0 Å². The molecular formula is C14H26Cl2N2O2. The van der Waals surface area contributed by atoms with Crippen LogP contribution in [0.2, 0.25) is 0 Å². The summed E-state index contributed by atoms with van der Waals surface area (Å²) in [5.41, 5.74) is 0.914. The smallest absolute Gasteiger partial charge is 0.161 e. The van der Waals surface area contributed by atoms with E-state index < -0.39 is 0 Å². The maximum Gasteiger partial charge on any atom is 0.161 e. The molecule has 0 saturated carbocycles. The Balaban J connectivity index is 4.67. The predicted molar refractivity (Wildman–Crippen MR) is 86.6 cm³/mol. The summed E-state index contributed by atoms with van der Waals surface area (Å²) in [4.78, 5) is 3.82. The zero-order valence-electron chi connectivity index (χ0n) is 13.0. The van der Waals surface area contributed by atoms with E-state index in [1.807, 2.05) is 6.92 Å². The maximum absolute atomic E-state index is 6.14. The Morgan fingerprint density at radius 2 is 2.00 bits per heavy atom. The fourth-order valence-electron chi connectivity index (χ4n) is 1.32. The van der Waals surface area contributed by atoms with Crippen LogP contribution in [0.5, 0.6) is 0 Å². The van der Waals surface area contributed by atoms with Crippen molar-refractivity contribution in [3.8, 4) is 0 Å². The molecular weight excluding hydrogens is 299 g/mol. The SMILES string of the molecule is CCOC(CC(CCl)=C(Cl)NC=NC)OCC(C)(C)C. The van der Waals surface area contributed by atoms with Crippen LogP contribution in [-0.4, -0.2) is 38.8 Å². The summed E-state index contributed by atoms with van der Waals surface area (Å²) in [7, 11) is 1.66. The van der Waals surface area contributed by atoms with E-state index in [4.69, 9.17) is 32.7 Å². The molecule has 0 aliphatic rings. The molecule has 0 saturated heterocycles. The summed E-state index contributed by atoms with van der Waals surface area (Å²) >= 11 is 12.1. The van der Waals surface area contributed by atoms with Gasteiger partial charge in [-0.1, -0.05) is 32.4 Å². The fraction of sp³-hybridized carbons (Fsp3) is 0.786. The highest BCUT2D eigenvalue weighted by Crippen LogP contribution is 2.20. The van der Waals surface area contributed by atoms with Gasteiger partial charge in [0.2, 0.25) is 0 Å². The molecule has 0 aliphatic heterocycles. The highest BCUT2D eigenvalue weighted by atomic mass is 35.5. The molecule has 0 rings (SSSR count). The van der Waals surface area contributed by atoms with Gasteiger partial charge in [-0.05, 0) is 17.9 Å². The van der Waals surface area contributed by atoms with Crippen molar-refractivity contribution in [3.05, 3.63) is 10.7 Å².